The van der Waals surface area contributed by atoms with E-state index in [9.17, 15) is 19.2 Å². The largest absolute Gasteiger partial charge is 0.465 e. The molecule has 0 bridgehead atoms. The number of carbonyl (C=O) groups is 4. The van der Waals surface area contributed by atoms with Crippen LogP contribution in [0.4, 0.5) is 21.0 Å². The van der Waals surface area contributed by atoms with Crippen molar-refractivity contribution in [3.8, 4) is 0 Å². The fourth-order valence-corrected chi connectivity index (χ4v) is 6.05. The zero-order chi connectivity index (χ0) is 38.1. The Labute approximate surface area is 316 Å². The first-order valence-electron chi connectivity index (χ1n) is 18.0. The van der Waals surface area contributed by atoms with Gasteiger partial charge < -0.3 is 24.0 Å². The fraction of sp³-hybridized carbons (Fsp3) is 0.317. The van der Waals surface area contributed by atoms with Gasteiger partial charge in [0, 0.05) is 56.2 Å². The van der Waals surface area contributed by atoms with Gasteiger partial charge in [0.15, 0.2) is 0 Å². The first-order valence-corrected chi connectivity index (χ1v) is 18.0. The lowest BCUT2D eigenvalue weighted by Crippen LogP contribution is -2.49. The number of nitrogens with one attached hydrogen (secondary N) is 1. The molecule has 13 heteroatoms. The van der Waals surface area contributed by atoms with Crippen molar-refractivity contribution in [1.29, 1.82) is 0 Å². The molecule has 0 spiro atoms. The van der Waals surface area contributed by atoms with Crippen molar-refractivity contribution in [3.05, 3.63) is 131 Å². The quantitative estimate of drug-likeness (QED) is 0.103. The number of ether oxygens (including phenoxy) is 3. The summed E-state index contributed by atoms with van der Waals surface area (Å²) in [5, 5.41) is 0. The van der Waals surface area contributed by atoms with Crippen molar-refractivity contribution in [2.24, 2.45) is 5.84 Å². The number of methoxy groups -OCH3 is 1. The third-order valence-electron chi connectivity index (χ3n) is 9.13. The highest BCUT2D eigenvalue weighted by Crippen LogP contribution is 2.19. The number of carbonyl (C=O) groups excluding carboxylic acids is 4. The molecule has 2 aliphatic heterocycles. The second kappa shape index (κ2) is 20.5. The number of hydrogen-bond acceptors (Lipinski definition) is 8. The number of anilines is 2. The number of hydrazine groups is 1. The zero-order valence-corrected chi connectivity index (χ0v) is 30.6. The van der Waals surface area contributed by atoms with Gasteiger partial charge in [0.25, 0.3) is 5.91 Å². The van der Waals surface area contributed by atoms with Crippen LogP contribution in [-0.2, 0) is 27.1 Å². The number of nitrogens with two attached hydrogens (primary N) is 1. The number of benzene rings is 4. The second-order valence-electron chi connectivity index (χ2n) is 12.6. The minimum absolute atomic E-state index is 0.00400. The van der Waals surface area contributed by atoms with Crippen LogP contribution in [-0.4, -0.2) is 107 Å². The van der Waals surface area contributed by atoms with Crippen LogP contribution in [0.2, 0.25) is 0 Å². The molecule has 0 saturated carbocycles. The molecule has 0 radical (unpaired) electrons. The van der Waals surface area contributed by atoms with E-state index in [1.165, 1.54) is 7.11 Å². The number of rotatable bonds is 10. The lowest BCUT2D eigenvalue weighted by atomic mass is 10.1. The van der Waals surface area contributed by atoms with E-state index in [1.54, 1.807) is 34.1 Å². The summed E-state index contributed by atoms with van der Waals surface area (Å²) in [6.07, 6.45) is 1.36. The number of amides is 5. The summed E-state index contributed by atoms with van der Waals surface area (Å²) >= 11 is 0. The Morgan fingerprint density at radius 2 is 1.00 bits per heavy atom. The first-order chi connectivity index (χ1) is 26.4. The number of para-hydroxylation sites is 2. The maximum atomic E-state index is 13.0. The molecule has 2 aliphatic rings. The second-order valence-corrected chi connectivity index (χ2v) is 12.6. The first kappa shape index (κ1) is 39.4. The van der Waals surface area contributed by atoms with Crippen LogP contribution < -0.4 is 21.1 Å². The minimum Gasteiger partial charge on any atom is -0.465 e. The van der Waals surface area contributed by atoms with E-state index in [-0.39, 0.29) is 23.9 Å². The van der Waals surface area contributed by atoms with E-state index in [2.05, 4.69) is 5.43 Å². The molecular weight excluding hydrogens is 688 g/mol. The van der Waals surface area contributed by atoms with Crippen molar-refractivity contribution in [2.45, 2.75) is 12.8 Å². The molecule has 4 aromatic rings. The molecule has 2 heterocycles. The molecule has 0 aromatic heterocycles. The molecule has 2 saturated heterocycles. The van der Waals surface area contributed by atoms with E-state index < -0.39 is 0 Å². The van der Waals surface area contributed by atoms with Gasteiger partial charge in [0.2, 0.25) is 0 Å². The number of urea groups is 2. The van der Waals surface area contributed by atoms with E-state index in [1.807, 2.05) is 94.7 Å². The molecule has 6 rings (SSSR count). The summed E-state index contributed by atoms with van der Waals surface area (Å²) in [6, 6.07) is 33.8. The van der Waals surface area contributed by atoms with Gasteiger partial charge in [0.05, 0.1) is 39.1 Å². The molecule has 4 aromatic carbocycles. The van der Waals surface area contributed by atoms with Gasteiger partial charge in [-0.2, -0.15) is 0 Å². The number of morpholine rings is 2. The van der Waals surface area contributed by atoms with Gasteiger partial charge in [-0.1, -0.05) is 60.7 Å². The van der Waals surface area contributed by atoms with Crippen molar-refractivity contribution in [2.75, 3.05) is 82.6 Å². The molecular formula is C41H48N6O7. The SMILES string of the molecule is COC(=O)c1ccc(CCN(C(=O)N2CCOCC2)c2ccccc2)cc1.NNC(=O)c1ccc(CCN(C(=O)N2CCOCC2)c2ccccc2)cc1. The lowest BCUT2D eigenvalue weighted by Gasteiger charge is -2.33. The van der Waals surface area contributed by atoms with E-state index >= 15 is 0 Å². The van der Waals surface area contributed by atoms with Crippen molar-refractivity contribution >= 4 is 35.3 Å². The predicted molar refractivity (Wildman–Crippen MR) is 206 cm³/mol. The Morgan fingerprint density at radius 3 is 1.37 bits per heavy atom. The Morgan fingerprint density at radius 1 is 0.611 bits per heavy atom. The highest BCUT2D eigenvalue weighted by atomic mass is 16.5. The lowest BCUT2D eigenvalue weighted by molar-refractivity contribution is 0.0549. The van der Waals surface area contributed by atoms with Gasteiger partial charge >= 0.3 is 18.0 Å². The highest BCUT2D eigenvalue weighted by molar-refractivity contribution is 5.94. The Balaban J connectivity index is 0.000000208. The van der Waals surface area contributed by atoms with Gasteiger partial charge in [-0.3, -0.25) is 20.0 Å². The smallest absolute Gasteiger partial charge is 0.337 e. The van der Waals surface area contributed by atoms with Gasteiger partial charge in [-0.15, -0.1) is 0 Å². The third kappa shape index (κ3) is 11.1. The maximum absolute atomic E-state index is 13.0. The molecule has 284 valence electrons. The van der Waals surface area contributed by atoms with Crippen LogP contribution in [0.25, 0.3) is 0 Å². The monoisotopic (exact) mass is 736 g/mol. The Bertz CT molecular complexity index is 1650. The zero-order valence-electron chi connectivity index (χ0n) is 30.6. The van der Waals surface area contributed by atoms with Crippen LogP contribution >= 0.6 is 0 Å². The Kier molecular flexibility index (Phi) is 15.0. The summed E-state index contributed by atoms with van der Waals surface area (Å²) in [6.45, 7) is 5.80. The van der Waals surface area contributed by atoms with Crippen LogP contribution in [0, 0.1) is 0 Å². The molecule has 54 heavy (non-hydrogen) atoms. The van der Waals surface area contributed by atoms with E-state index in [4.69, 9.17) is 20.1 Å². The molecule has 3 N–H and O–H groups in total. The minimum atomic E-state index is -0.352. The number of esters is 1. The molecule has 13 nitrogen and oxygen atoms in total. The van der Waals surface area contributed by atoms with E-state index in [0.717, 1.165) is 22.5 Å². The third-order valence-corrected chi connectivity index (χ3v) is 9.13. The molecule has 5 amide bonds. The molecule has 0 aliphatic carbocycles. The summed E-state index contributed by atoms with van der Waals surface area (Å²) in [5.74, 6) is 4.48. The number of nitrogen functional groups attached to an aromatic ring is 1. The van der Waals surface area contributed by atoms with Gasteiger partial charge in [0.1, 0.15) is 0 Å². The van der Waals surface area contributed by atoms with Gasteiger partial charge in [-0.25, -0.2) is 20.2 Å². The molecule has 0 unspecified atom stereocenters. The normalized spacial score (nSPS) is 13.9. The maximum Gasteiger partial charge on any atom is 0.337 e. The van der Waals surface area contributed by atoms with Gasteiger partial charge in [-0.05, 0) is 72.5 Å². The predicted octanol–water partition coefficient (Wildman–Crippen LogP) is 4.77. The topological polar surface area (TPSA) is 147 Å². The van der Waals surface area contributed by atoms with Crippen molar-refractivity contribution < 1.29 is 33.4 Å². The van der Waals surface area contributed by atoms with Crippen molar-refractivity contribution in [3.63, 3.8) is 0 Å². The average molecular weight is 737 g/mol. The number of nitrogens with zero attached hydrogens (tertiary/aromatic N) is 4. The number of hydrogen-bond donors (Lipinski definition) is 2. The van der Waals surface area contributed by atoms with Crippen LogP contribution in [0.1, 0.15) is 31.8 Å². The van der Waals surface area contributed by atoms with Crippen molar-refractivity contribution in [1.82, 2.24) is 15.2 Å². The summed E-state index contributed by atoms with van der Waals surface area (Å²) < 4.78 is 15.4. The summed E-state index contributed by atoms with van der Waals surface area (Å²) in [4.78, 5) is 56.4. The highest BCUT2D eigenvalue weighted by Gasteiger charge is 2.25. The molecule has 2 fully saturated rings. The standard InChI is InChI=1S/C21H24N2O4.C20H24N4O3/c1-26-20(24)18-9-7-17(8-10-18)11-12-23(19-5-3-2-4-6-19)21(25)22-13-15-27-16-14-22;21-22-19(25)17-8-6-16(7-9-17)10-11-24(18-4-2-1-3-5-18)20(26)23-12-14-27-15-13-23/h2-10H,11-16H2,1H3;1-9H,10-15,21H2,(H,22,25). The average Bonchev–Trinajstić information content (AvgIpc) is 3.25. The van der Waals surface area contributed by atoms with Crippen LogP contribution in [0.3, 0.4) is 0 Å². The fourth-order valence-electron chi connectivity index (χ4n) is 6.05. The van der Waals surface area contributed by atoms with E-state index in [0.29, 0.717) is 89.7 Å². The summed E-state index contributed by atoms with van der Waals surface area (Å²) in [7, 11) is 1.37. The van der Waals surface area contributed by atoms with Crippen LogP contribution in [0.5, 0.6) is 0 Å². The van der Waals surface area contributed by atoms with Crippen LogP contribution in [0.15, 0.2) is 109 Å². The molecule has 0 atom stereocenters. The Hall–Kier alpha value is -5.76. The summed E-state index contributed by atoms with van der Waals surface area (Å²) in [5.41, 5.74) is 6.98.